The number of amides is 1. The van der Waals surface area contributed by atoms with Gasteiger partial charge in [-0.25, -0.2) is 9.78 Å². The second-order valence-electron chi connectivity index (χ2n) is 3.87. The molecule has 20 heavy (non-hydrogen) atoms. The molecular formula is C11H8Cl2N4O3. The molecule has 9 heteroatoms. The number of hydrogen-bond acceptors (Lipinski definition) is 4. The maximum absolute atomic E-state index is 12.0. The average Bonchev–Trinajstić information content (AvgIpc) is 2.33. The first-order chi connectivity index (χ1) is 9.38. The number of rotatable bonds is 2. The molecule has 2 aromatic rings. The minimum Gasteiger partial charge on any atom is -0.319 e. The Kier molecular flexibility index (Phi) is 3.91. The number of aromatic nitrogens is 3. The summed E-state index contributed by atoms with van der Waals surface area (Å²) in [5.74, 6) is -0.725. The molecule has 0 bridgehead atoms. The summed E-state index contributed by atoms with van der Waals surface area (Å²) in [6.07, 6.45) is 1.02. The Morgan fingerprint density at radius 3 is 2.65 bits per heavy atom. The molecule has 2 rings (SSSR count). The first-order valence-electron chi connectivity index (χ1n) is 5.34. The molecule has 0 saturated carbocycles. The van der Waals surface area contributed by atoms with E-state index in [1.807, 2.05) is 4.98 Å². The fourth-order valence-corrected chi connectivity index (χ4v) is 2.08. The predicted octanol–water partition coefficient (Wildman–Crippen LogP) is 1.33. The van der Waals surface area contributed by atoms with Gasteiger partial charge in [-0.3, -0.25) is 14.6 Å². The second-order valence-corrected chi connectivity index (χ2v) is 4.61. The summed E-state index contributed by atoms with van der Waals surface area (Å²) in [6, 6.07) is 1.51. The van der Waals surface area contributed by atoms with E-state index in [0.717, 1.165) is 6.20 Å². The third-order valence-corrected chi connectivity index (χ3v) is 2.91. The molecule has 0 unspecified atom stereocenters. The van der Waals surface area contributed by atoms with Crippen molar-refractivity contribution in [2.45, 2.75) is 6.92 Å². The molecule has 1 amide bonds. The van der Waals surface area contributed by atoms with Gasteiger partial charge in [0, 0.05) is 6.20 Å². The zero-order valence-corrected chi connectivity index (χ0v) is 11.6. The summed E-state index contributed by atoms with van der Waals surface area (Å²) in [4.78, 5) is 42.3. The number of anilines is 1. The van der Waals surface area contributed by atoms with Crippen molar-refractivity contribution in [1.29, 1.82) is 0 Å². The van der Waals surface area contributed by atoms with E-state index >= 15 is 0 Å². The van der Waals surface area contributed by atoms with E-state index < -0.39 is 17.2 Å². The molecule has 0 atom stereocenters. The fraction of sp³-hybridized carbons (Fsp3) is 0.0909. The van der Waals surface area contributed by atoms with Crippen LogP contribution in [0.15, 0.2) is 21.9 Å². The highest BCUT2D eigenvalue weighted by Gasteiger charge is 2.15. The number of hydrogen-bond donors (Lipinski definition) is 3. The Labute approximate surface area is 122 Å². The smallest absolute Gasteiger partial charge is 0.319 e. The van der Waals surface area contributed by atoms with E-state index in [1.165, 1.54) is 6.07 Å². The normalized spacial score (nSPS) is 10.3. The number of carbonyl (C=O) groups excluding carboxylic acids is 1. The van der Waals surface area contributed by atoms with Crippen LogP contribution in [0.3, 0.4) is 0 Å². The molecule has 0 spiro atoms. The van der Waals surface area contributed by atoms with Crippen molar-refractivity contribution >= 4 is 34.8 Å². The van der Waals surface area contributed by atoms with Gasteiger partial charge in [-0.1, -0.05) is 23.2 Å². The number of pyridine rings is 1. The number of aryl methyl sites for hydroxylation is 1. The van der Waals surface area contributed by atoms with Gasteiger partial charge in [0.25, 0.3) is 11.5 Å². The molecule has 0 aliphatic heterocycles. The monoisotopic (exact) mass is 314 g/mol. The van der Waals surface area contributed by atoms with E-state index in [9.17, 15) is 14.4 Å². The highest BCUT2D eigenvalue weighted by molar-refractivity contribution is 6.35. The Morgan fingerprint density at radius 2 is 2.05 bits per heavy atom. The molecule has 2 aromatic heterocycles. The van der Waals surface area contributed by atoms with Crippen LogP contribution in [0.1, 0.15) is 15.9 Å². The van der Waals surface area contributed by atoms with Crippen molar-refractivity contribution in [3.8, 4) is 0 Å². The fourth-order valence-electron chi connectivity index (χ4n) is 1.50. The number of carbonyl (C=O) groups is 1. The van der Waals surface area contributed by atoms with Gasteiger partial charge in [-0.15, -0.1) is 0 Å². The first kappa shape index (κ1) is 14.3. The average molecular weight is 315 g/mol. The van der Waals surface area contributed by atoms with Crippen molar-refractivity contribution in [2.75, 3.05) is 5.32 Å². The molecule has 0 aliphatic carbocycles. The largest absolute Gasteiger partial charge is 0.325 e. The Hall–Kier alpha value is -2.12. The van der Waals surface area contributed by atoms with Crippen LogP contribution in [0.25, 0.3) is 0 Å². The summed E-state index contributed by atoms with van der Waals surface area (Å²) in [6.45, 7) is 1.67. The molecule has 3 N–H and O–H groups in total. The molecular weight excluding hydrogens is 307 g/mol. The van der Waals surface area contributed by atoms with E-state index in [4.69, 9.17) is 23.2 Å². The van der Waals surface area contributed by atoms with Crippen molar-refractivity contribution in [1.82, 2.24) is 15.0 Å². The van der Waals surface area contributed by atoms with E-state index in [1.54, 1.807) is 6.92 Å². The third-order valence-electron chi connectivity index (χ3n) is 2.44. The van der Waals surface area contributed by atoms with Crippen LogP contribution in [0, 0.1) is 6.92 Å². The third kappa shape index (κ3) is 2.89. The van der Waals surface area contributed by atoms with Crippen LogP contribution in [0.2, 0.25) is 10.3 Å². The van der Waals surface area contributed by atoms with Gasteiger partial charge in [0.15, 0.2) is 5.15 Å². The molecule has 7 nitrogen and oxygen atoms in total. The minimum atomic E-state index is -0.804. The van der Waals surface area contributed by atoms with E-state index in [-0.39, 0.29) is 21.6 Å². The zero-order chi connectivity index (χ0) is 14.9. The lowest BCUT2D eigenvalue weighted by atomic mass is 10.2. The SMILES string of the molecule is Cc1cc(Cl)nc(Cl)c1NC(=O)c1c[nH]c(=O)[nH]c1=O. The molecule has 0 aromatic carbocycles. The van der Waals surface area contributed by atoms with Crippen LogP contribution >= 0.6 is 23.2 Å². The summed E-state index contributed by atoms with van der Waals surface area (Å²) < 4.78 is 0. The number of halogens is 2. The lowest BCUT2D eigenvalue weighted by Crippen LogP contribution is -2.29. The van der Waals surface area contributed by atoms with Gasteiger partial charge >= 0.3 is 5.69 Å². The predicted molar refractivity (Wildman–Crippen MR) is 74.6 cm³/mol. The number of aromatic amines is 2. The maximum Gasteiger partial charge on any atom is 0.325 e. The summed E-state index contributed by atoms with van der Waals surface area (Å²) in [5, 5.41) is 2.64. The molecule has 0 aliphatic rings. The van der Waals surface area contributed by atoms with Crippen LogP contribution in [-0.4, -0.2) is 20.9 Å². The topological polar surface area (TPSA) is 108 Å². The van der Waals surface area contributed by atoms with Crippen molar-refractivity contribution in [3.63, 3.8) is 0 Å². The van der Waals surface area contributed by atoms with Gasteiger partial charge in [-0.2, -0.15) is 0 Å². The summed E-state index contributed by atoms with van der Waals surface area (Å²) in [7, 11) is 0. The lowest BCUT2D eigenvalue weighted by molar-refractivity contribution is 0.102. The highest BCUT2D eigenvalue weighted by atomic mass is 35.5. The quantitative estimate of drug-likeness (QED) is 0.726. The molecule has 0 radical (unpaired) electrons. The van der Waals surface area contributed by atoms with Crippen molar-refractivity contribution in [3.05, 3.63) is 54.5 Å². The summed E-state index contributed by atoms with van der Waals surface area (Å²) in [5.41, 5.74) is -0.929. The minimum absolute atomic E-state index is 0.00389. The zero-order valence-electron chi connectivity index (χ0n) is 10.1. The molecule has 0 fully saturated rings. The molecule has 0 saturated heterocycles. The number of H-pyrrole nitrogens is 2. The lowest BCUT2D eigenvalue weighted by Gasteiger charge is -2.09. The molecule has 104 valence electrons. The van der Waals surface area contributed by atoms with Crippen molar-refractivity contribution < 1.29 is 4.79 Å². The Balaban J connectivity index is 2.38. The highest BCUT2D eigenvalue weighted by Crippen LogP contribution is 2.26. The Morgan fingerprint density at radius 1 is 1.35 bits per heavy atom. The second kappa shape index (κ2) is 5.48. The van der Waals surface area contributed by atoms with Gasteiger partial charge in [0.05, 0.1) is 5.69 Å². The first-order valence-corrected chi connectivity index (χ1v) is 6.10. The van der Waals surface area contributed by atoms with Crippen LogP contribution < -0.4 is 16.6 Å². The maximum atomic E-state index is 12.0. The van der Waals surface area contributed by atoms with Gasteiger partial charge in [-0.05, 0) is 18.6 Å². The van der Waals surface area contributed by atoms with Gasteiger partial charge in [0.2, 0.25) is 0 Å². The number of nitrogens with zero attached hydrogens (tertiary/aromatic N) is 1. The van der Waals surface area contributed by atoms with Crippen LogP contribution in [0.5, 0.6) is 0 Å². The van der Waals surface area contributed by atoms with Gasteiger partial charge in [0.1, 0.15) is 10.7 Å². The van der Waals surface area contributed by atoms with Crippen molar-refractivity contribution in [2.24, 2.45) is 0 Å². The standard InChI is InChI=1S/C11H8Cl2N4O3/c1-4-2-6(12)15-8(13)7(4)16-9(18)5-3-14-11(20)17-10(5)19/h2-3H,1H3,(H,16,18)(H2,14,17,19,20). The Bertz CT molecular complexity index is 774. The van der Waals surface area contributed by atoms with Crippen LogP contribution in [-0.2, 0) is 0 Å². The van der Waals surface area contributed by atoms with Crippen LogP contribution in [0.4, 0.5) is 5.69 Å². The van der Waals surface area contributed by atoms with Gasteiger partial charge < -0.3 is 10.3 Å². The molecule has 2 heterocycles. The van der Waals surface area contributed by atoms with E-state index in [2.05, 4.69) is 15.3 Å². The number of nitrogens with one attached hydrogen (secondary N) is 3. The van der Waals surface area contributed by atoms with E-state index in [0.29, 0.717) is 5.56 Å². The summed E-state index contributed by atoms with van der Waals surface area (Å²) >= 11 is 11.6.